The largest absolute Gasteiger partial charge is 0.314 e. The third-order valence-corrected chi connectivity index (χ3v) is 4.84. The SMILES string of the molecule is CCNC1CC(c2ccnn2C)C1(CC)CC. The van der Waals surface area contributed by atoms with Gasteiger partial charge in [0, 0.05) is 30.9 Å². The molecule has 1 aromatic rings. The quantitative estimate of drug-likeness (QED) is 0.850. The van der Waals surface area contributed by atoms with Crippen molar-refractivity contribution in [2.24, 2.45) is 12.5 Å². The normalized spacial score (nSPS) is 26.8. The monoisotopic (exact) mass is 235 g/mol. The summed E-state index contributed by atoms with van der Waals surface area (Å²) in [5.41, 5.74) is 1.84. The van der Waals surface area contributed by atoms with E-state index in [2.05, 4.69) is 44.3 Å². The van der Waals surface area contributed by atoms with E-state index in [-0.39, 0.29) is 0 Å². The number of rotatable bonds is 5. The van der Waals surface area contributed by atoms with Crippen LogP contribution in [0.25, 0.3) is 0 Å². The van der Waals surface area contributed by atoms with Crippen LogP contribution in [0, 0.1) is 5.41 Å². The third kappa shape index (κ3) is 1.81. The van der Waals surface area contributed by atoms with Gasteiger partial charge < -0.3 is 5.32 Å². The predicted molar refractivity (Wildman–Crippen MR) is 71.0 cm³/mol. The van der Waals surface area contributed by atoms with Crippen LogP contribution < -0.4 is 5.32 Å². The second-order valence-electron chi connectivity index (χ2n) is 5.22. The van der Waals surface area contributed by atoms with E-state index in [0.717, 1.165) is 6.54 Å². The van der Waals surface area contributed by atoms with Crippen LogP contribution in [0.3, 0.4) is 0 Å². The Hall–Kier alpha value is -0.830. The molecule has 1 N–H and O–H groups in total. The molecular formula is C14H25N3. The maximum absolute atomic E-state index is 4.32. The molecule has 1 fully saturated rings. The van der Waals surface area contributed by atoms with Crippen molar-refractivity contribution in [2.75, 3.05) is 6.54 Å². The molecule has 1 saturated carbocycles. The summed E-state index contributed by atoms with van der Waals surface area (Å²) in [7, 11) is 2.06. The van der Waals surface area contributed by atoms with Crippen LogP contribution in [0.1, 0.15) is 51.6 Å². The van der Waals surface area contributed by atoms with Gasteiger partial charge in [-0.1, -0.05) is 20.8 Å². The molecule has 17 heavy (non-hydrogen) atoms. The Morgan fingerprint density at radius 3 is 2.59 bits per heavy atom. The Morgan fingerprint density at radius 1 is 1.41 bits per heavy atom. The molecule has 0 amide bonds. The molecule has 0 bridgehead atoms. The number of hydrogen-bond donors (Lipinski definition) is 1. The average molecular weight is 235 g/mol. The van der Waals surface area contributed by atoms with Crippen molar-refractivity contribution in [3.8, 4) is 0 Å². The standard InChI is InChI=1S/C14H25N3/c1-5-14(6-2)11(10-13(14)15-7-3)12-8-9-16-17(12)4/h8-9,11,13,15H,5-7,10H2,1-4H3. The zero-order valence-electron chi connectivity index (χ0n) is 11.5. The third-order valence-electron chi connectivity index (χ3n) is 4.84. The van der Waals surface area contributed by atoms with Crippen molar-refractivity contribution in [1.29, 1.82) is 0 Å². The lowest BCUT2D eigenvalue weighted by molar-refractivity contribution is 0.0169. The van der Waals surface area contributed by atoms with Gasteiger partial charge in [0.25, 0.3) is 0 Å². The molecule has 96 valence electrons. The van der Waals surface area contributed by atoms with Crippen LogP contribution in [-0.4, -0.2) is 22.4 Å². The van der Waals surface area contributed by atoms with Crippen LogP contribution in [0.15, 0.2) is 12.3 Å². The van der Waals surface area contributed by atoms with Gasteiger partial charge in [0.1, 0.15) is 0 Å². The molecule has 0 saturated heterocycles. The first-order chi connectivity index (χ1) is 8.19. The van der Waals surface area contributed by atoms with E-state index >= 15 is 0 Å². The first-order valence-corrected chi connectivity index (χ1v) is 6.90. The molecule has 1 heterocycles. The number of aromatic nitrogens is 2. The Balaban J connectivity index is 2.23. The van der Waals surface area contributed by atoms with Crippen molar-refractivity contribution in [3.63, 3.8) is 0 Å². The maximum Gasteiger partial charge on any atom is 0.0492 e. The Kier molecular flexibility index (Phi) is 3.57. The summed E-state index contributed by atoms with van der Waals surface area (Å²) in [5.74, 6) is 0.675. The van der Waals surface area contributed by atoms with Crippen molar-refractivity contribution in [1.82, 2.24) is 15.1 Å². The molecule has 0 aromatic carbocycles. The van der Waals surface area contributed by atoms with Crippen LogP contribution in [0.5, 0.6) is 0 Å². The summed E-state index contributed by atoms with van der Waals surface area (Å²) in [5, 5.41) is 7.98. The fourth-order valence-corrected chi connectivity index (χ4v) is 3.70. The molecule has 2 unspecified atom stereocenters. The lowest BCUT2D eigenvalue weighted by Crippen LogP contribution is -2.58. The van der Waals surface area contributed by atoms with Crippen LogP contribution in [-0.2, 0) is 7.05 Å². The van der Waals surface area contributed by atoms with Gasteiger partial charge >= 0.3 is 0 Å². The van der Waals surface area contributed by atoms with Crippen LogP contribution >= 0.6 is 0 Å². The molecule has 0 spiro atoms. The van der Waals surface area contributed by atoms with Gasteiger partial charge in [-0.15, -0.1) is 0 Å². The highest BCUT2D eigenvalue weighted by Crippen LogP contribution is 2.57. The maximum atomic E-state index is 4.32. The molecule has 3 nitrogen and oxygen atoms in total. The van der Waals surface area contributed by atoms with Gasteiger partial charge in [-0.05, 0) is 37.3 Å². The number of nitrogens with zero attached hydrogens (tertiary/aromatic N) is 2. The zero-order valence-corrected chi connectivity index (χ0v) is 11.5. The smallest absolute Gasteiger partial charge is 0.0492 e. The lowest BCUT2D eigenvalue weighted by atomic mass is 9.52. The molecule has 2 atom stereocenters. The molecule has 3 heteroatoms. The van der Waals surface area contributed by atoms with Gasteiger partial charge in [0.15, 0.2) is 0 Å². The number of hydrogen-bond acceptors (Lipinski definition) is 2. The van der Waals surface area contributed by atoms with Gasteiger partial charge in [0.2, 0.25) is 0 Å². The second-order valence-corrected chi connectivity index (χ2v) is 5.22. The predicted octanol–water partition coefficient (Wildman–Crippen LogP) is 2.69. The molecule has 0 radical (unpaired) electrons. The van der Waals surface area contributed by atoms with E-state index in [9.17, 15) is 0 Å². The van der Waals surface area contributed by atoms with E-state index in [0.29, 0.717) is 17.4 Å². The van der Waals surface area contributed by atoms with Gasteiger partial charge in [0.05, 0.1) is 0 Å². The summed E-state index contributed by atoms with van der Waals surface area (Å²) >= 11 is 0. The molecule has 2 rings (SSSR count). The Labute approximate surface area is 105 Å². The molecular weight excluding hydrogens is 210 g/mol. The lowest BCUT2D eigenvalue weighted by Gasteiger charge is -2.56. The first kappa shape index (κ1) is 12.6. The van der Waals surface area contributed by atoms with E-state index in [1.54, 1.807) is 0 Å². The molecule has 0 aliphatic heterocycles. The van der Waals surface area contributed by atoms with Gasteiger partial charge in [-0.3, -0.25) is 4.68 Å². The summed E-state index contributed by atoms with van der Waals surface area (Å²) < 4.78 is 2.05. The summed E-state index contributed by atoms with van der Waals surface area (Å²) in [6.45, 7) is 7.94. The van der Waals surface area contributed by atoms with E-state index in [1.807, 2.05) is 10.9 Å². The molecule has 1 aliphatic rings. The minimum absolute atomic E-state index is 0.434. The highest BCUT2D eigenvalue weighted by atomic mass is 15.3. The Morgan fingerprint density at radius 2 is 2.12 bits per heavy atom. The summed E-state index contributed by atoms with van der Waals surface area (Å²) in [6.07, 6.45) is 5.68. The second kappa shape index (κ2) is 4.81. The fraction of sp³-hybridized carbons (Fsp3) is 0.786. The number of nitrogens with one attached hydrogen (secondary N) is 1. The van der Waals surface area contributed by atoms with E-state index in [1.165, 1.54) is 25.0 Å². The van der Waals surface area contributed by atoms with Crippen molar-refractivity contribution in [3.05, 3.63) is 18.0 Å². The molecule has 1 aliphatic carbocycles. The summed E-state index contributed by atoms with van der Waals surface area (Å²) in [4.78, 5) is 0. The highest BCUT2D eigenvalue weighted by Gasteiger charge is 2.53. The van der Waals surface area contributed by atoms with Gasteiger partial charge in [-0.2, -0.15) is 5.10 Å². The van der Waals surface area contributed by atoms with Crippen LogP contribution in [0.2, 0.25) is 0 Å². The first-order valence-electron chi connectivity index (χ1n) is 6.90. The zero-order chi connectivity index (χ0) is 12.5. The van der Waals surface area contributed by atoms with Crippen LogP contribution in [0.4, 0.5) is 0 Å². The number of aryl methyl sites for hydroxylation is 1. The Bertz CT molecular complexity index is 365. The van der Waals surface area contributed by atoms with E-state index < -0.39 is 0 Å². The average Bonchev–Trinajstić information content (AvgIpc) is 2.72. The summed E-state index contributed by atoms with van der Waals surface area (Å²) in [6, 6.07) is 2.87. The fourth-order valence-electron chi connectivity index (χ4n) is 3.70. The molecule has 1 aromatic heterocycles. The van der Waals surface area contributed by atoms with Gasteiger partial charge in [-0.25, -0.2) is 0 Å². The highest BCUT2D eigenvalue weighted by molar-refractivity contribution is 5.22. The minimum atomic E-state index is 0.434. The minimum Gasteiger partial charge on any atom is -0.314 e. The van der Waals surface area contributed by atoms with Crippen molar-refractivity contribution >= 4 is 0 Å². The van der Waals surface area contributed by atoms with E-state index in [4.69, 9.17) is 0 Å². The van der Waals surface area contributed by atoms with Crippen molar-refractivity contribution < 1.29 is 0 Å². The van der Waals surface area contributed by atoms with Crippen molar-refractivity contribution in [2.45, 2.75) is 52.0 Å². The topological polar surface area (TPSA) is 29.9 Å².